The van der Waals surface area contributed by atoms with Crippen LogP contribution in [0.15, 0.2) is 30.3 Å². The minimum absolute atomic E-state index is 0.0175. The van der Waals surface area contributed by atoms with E-state index < -0.39 is 30.0 Å². The maximum atomic E-state index is 15.0. The van der Waals surface area contributed by atoms with E-state index in [9.17, 15) is 13.2 Å². The van der Waals surface area contributed by atoms with Gasteiger partial charge in [0, 0.05) is 11.1 Å². The largest absolute Gasteiger partial charge is 0.481 e. The van der Waals surface area contributed by atoms with Crippen LogP contribution in [0.4, 0.5) is 19.0 Å². The Kier molecular flexibility index (Phi) is 6.72. The fourth-order valence-corrected chi connectivity index (χ4v) is 3.95. The fraction of sp³-hybridized carbons (Fsp3) is 0.375. The molecule has 10 heteroatoms. The molecule has 1 aliphatic heterocycles. The van der Waals surface area contributed by atoms with Gasteiger partial charge < -0.3 is 19.9 Å². The number of pyridine rings is 1. The zero-order valence-electron chi connectivity index (χ0n) is 19.0. The molecule has 3 heterocycles. The van der Waals surface area contributed by atoms with Crippen molar-refractivity contribution in [2.24, 2.45) is 0 Å². The van der Waals surface area contributed by atoms with Crippen molar-refractivity contribution in [3.8, 4) is 5.88 Å². The second kappa shape index (κ2) is 9.55. The molecule has 0 radical (unpaired) electrons. The highest BCUT2D eigenvalue weighted by Crippen LogP contribution is 2.36. The third-order valence-corrected chi connectivity index (χ3v) is 5.71. The molecule has 4 rings (SSSR count). The molecule has 1 aliphatic rings. The summed E-state index contributed by atoms with van der Waals surface area (Å²) in [5.41, 5.74) is 1.34. The van der Waals surface area contributed by atoms with Gasteiger partial charge in [-0.3, -0.25) is 0 Å². The number of alkyl halides is 2. The van der Waals surface area contributed by atoms with Crippen molar-refractivity contribution >= 4 is 22.4 Å². The lowest BCUT2D eigenvalue weighted by atomic mass is 10.00. The van der Waals surface area contributed by atoms with Crippen LogP contribution in [0.2, 0.25) is 0 Å². The summed E-state index contributed by atoms with van der Waals surface area (Å²) < 4.78 is 53.9. The number of ether oxygens (including phenoxy) is 2. The molecule has 0 unspecified atom stereocenters. The van der Waals surface area contributed by atoms with Gasteiger partial charge in [0.05, 0.1) is 37.3 Å². The summed E-state index contributed by atoms with van der Waals surface area (Å²) in [5.74, 6) is -3.54. The molecule has 3 aromatic rings. The highest BCUT2D eigenvalue weighted by molar-refractivity contribution is 5.90. The van der Waals surface area contributed by atoms with Crippen LogP contribution in [0.1, 0.15) is 41.9 Å². The fourth-order valence-electron chi connectivity index (χ4n) is 3.95. The lowest BCUT2D eigenvalue weighted by Gasteiger charge is -2.21. The quantitative estimate of drug-likeness (QED) is 0.520. The van der Waals surface area contributed by atoms with Crippen LogP contribution >= 0.6 is 0 Å². The van der Waals surface area contributed by atoms with E-state index in [2.05, 4.69) is 20.3 Å². The molecule has 34 heavy (non-hydrogen) atoms. The molecule has 180 valence electrons. The van der Waals surface area contributed by atoms with Crippen molar-refractivity contribution < 1.29 is 27.8 Å². The van der Waals surface area contributed by atoms with E-state index >= 15 is 0 Å². The summed E-state index contributed by atoms with van der Waals surface area (Å²) in [5, 5.41) is 12.7. The Hall–Kier alpha value is -3.24. The van der Waals surface area contributed by atoms with Crippen molar-refractivity contribution in [2.45, 2.75) is 32.2 Å². The molecule has 0 saturated heterocycles. The molecular weight excluding hydrogens is 449 g/mol. The van der Waals surface area contributed by atoms with Gasteiger partial charge in [0.25, 0.3) is 5.92 Å². The number of nitrogens with one attached hydrogen (secondary N) is 1. The van der Waals surface area contributed by atoms with Crippen LogP contribution in [-0.4, -0.2) is 47.0 Å². The molecule has 1 atom stereocenters. The zero-order valence-corrected chi connectivity index (χ0v) is 19.0. The number of aromatic nitrogens is 3. The van der Waals surface area contributed by atoms with Gasteiger partial charge in [-0.2, -0.15) is 13.8 Å². The molecule has 0 bridgehead atoms. The van der Waals surface area contributed by atoms with E-state index in [4.69, 9.17) is 14.6 Å². The Morgan fingerprint density at radius 3 is 2.74 bits per heavy atom. The predicted molar refractivity (Wildman–Crippen MR) is 121 cm³/mol. The minimum atomic E-state index is -3.69. The van der Waals surface area contributed by atoms with E-state index in [1.54, 1.807) is 13.8 Å². The number of benzene rings is 1. The molecule has 2 aromatic heterocycles. The maximum absolute atomic E-state index is 15.0. The first kappa shape index (κ1) is 23.9. The molecular formula is C24H25F3N4O3. The normalized spacial score (nSPS) is 15.2. The van der Waals surface area contributed by atoms with Gasteiger partial charge in [0.2, 0.25) is 5.88 Å². The van der Waals surface area contributed by atoms with Crippen molar-refractivity contribution in [1.82, 2.24) is 15.0 Å². The Balaban J connectivity index is 1.78. The Morgan fingerprint density at radius 1 is 1.26 bits per heavy atom. The van der Waals surface area contributed by atoms with E-state index in [0.717, 1.165) is 17.2 Å². The average molecular weight is 474 g/mol. The number of anilines is 1. The number of fused-ring (bicyclic) bond motifs is 1. The Morgan fingerprint density at radius 2 is 2.06 bits per heavy atom. The Bertz CT molecular complexity index is 1250. The first-order chi connectivity index (χ1) is 16.2. The molecule has 0 aliphatic carbocycles. The van der Waals surface area contributed by atoms with E-state index in [-0.39, 0.29) is 5.56 Å². The van der Waals surface area contributed by atoms with Gasteiger partial charge in [-0.25, -0.2) is 14.4 Å². The summed E-state index contributed by atoms with van der Waals surface area (Å²) in [6.07, 6.45) is 2.65. The van der Waals surface area contributed by atoms with Gasteiger partial charge in [0.1, 0.15) is 24.1 Å². The van der Waals surface area contributed by atoms with Gasteiger partial charge in [-0.15, -0.1) is 0 Å². The van der Waals surface area contributed by atoms with Crippen molar-refractivity contribution in [2.75, 3.05) is 32.2 Å². The number of aliphatic hydroxyl groups is 1. The number of hydrogen-bond acceptors (Lipinski definition) is 7. The van der Waals surface area contributed by atoms with Crippen molar-refractivity contribution in [3.05, 3.63) is 58.7 Å². The predicted octanol–water partition coefficient (Wildman–Crippen LogP) is 4.54. The van der Waals surface area contributed by atoms with E-state index in [1.807, 2.05) is 12.1 Å². The lowest BCUT2D eigenvalue weighted by Crippen LogP contribution is -2.22. The van der Waals surface area contributed by atoms with Crippen LogP contribution in [-0.2, 0) is 10.7 Å². The molecule has 0 amide bonds. The van der Waals surface area contributed by atoms with Crippen LogP contribution in [0.25, 0.3) is 16.6 Å². The summed E-state index contributed by atoms with van der Waals surface area (Å²) in [7, 11) is 1.53. The second-order valence-corrected chi connectivity index (χ2v) is 8.03. The number of methoxy groups -OCH3 is 1. The van der Waals surface area contributed by atoms with Crippen LogP contribution in [0.3, 0.4) is 0 Å². The highest BCUT2D eigenvalue weighted by atomic mass is 19.3. The maximum Gasteiger partial charge on any atom is 0.298 e. The first-order valence-corrected chi connectivity index (χ1v) is 10.8. The van der Waals surface area contributed by atoms with Crippen molar-refractivity contribution in [3.63, 3.8) is 0 Å². The molecule has 0 spiro atoms. The van der Waals surface area contributed by atoms with Crippen LogP contribution in [0.5, 0.6) is 5.88 Å². The number of halogens is 3. The van der Waals surface area contributed by atoms with Crippen LogP contribution in [0, 0.1) is 12.7 Å². The topological polar surface area (TPSA) is 89.4 Å². The first-order valence-electron chi connectivity index (χ1n) is 10.8. The smallest absolute Gasteiger partial charge is 0.298 e. The molecule has 0 fully saturated rings. The monoisotopic (exact) mass is 474 g/mol. The van der Waals surface area contributed by atoms with Gasteiger partial charge >= 0.3 is 0 Å². The van der Waals surface area contributed by atoms with Gasteiger partial charge in [-0.05, 0) is 38.0 Å². The van der Waals surface area contributed by atoms with E-state index in [1.165, 1.54) is 19.2 Å². The average Bonchev–Trinajstić information content (AvgIpc) is 2.83. The summed E-state index contributed by atoms with van der Waals surface area (Å²) in [6.45, 7) is 2.91. The number of hydrogen-bond donors (Lipinski definition) is 2. The van der Waals surface area contributed by atoms with Crippen molar-refractivity contribution in [1.29, 1.82) is 0 Å². The molecule has 0 saturated carbocycles. The zero-order chi connectivity index (χ0) is 24.5. The van der Waals surface area contributed by atoms with Gasteiger partial charge in [-0.1, -0.05) is 18.2 Å². The molecule has 2 N–H and O–H groups in total. The van der Waals surface area contributed by atoms with Gasteiger partial charge in [0.15, 0.2) is 5.65 Å². The summed E-state index contributed by atoms with van der Waals surface area (Å²) in [4.78, 5) is 13.4. The molecule has 1 aromatic carbocycles. The van der Waals surface area contributed by atoms with Crippen LogP contribution < -0.4 is 10.1 Å². The third kappa shape index (κ3) is 4.55. The summed E-state index contributed by atoms with van der Waals surface area (Å²) >= 11 is 0. The number of aliphatic hydroxyl groups excluding tert-OH is 1. The SMILES string of the molecule is COc1nc2nc(C)nc(N[C@H](C)c3cccc(C(F)(F)CO)c3F)c2cc1C1=CCOCC1. The Labute approximate surface area is 194 Å². The summed E-state index contributed by atoms with van der Waals surface area (Å²) in [6, 6.07) is 4.86. The molecule has 7 nitrogen and oxygen atoms in total. The number of aryl methyl sites for hydroxylation is 1. The number of nitrogens with zero attached hydrogens (tertiary/aromatic N) is 3. The third-order valence-electron chi connectivity index (χ3n) is 5.71. The lowest BCUT2D eigenvalue weighted by molar-refractivity contribution is -0.0583. The second-order valence-electron chi connectivity index (χ2n) is 8.03. The number of rotatable bonds is 7. The van der Waals surface area contributed by atoms with E-state index in [0.29, 0.717) is 48.2 Å². The minimum Gasteiger partial charge on any atom is -0.481 e. The standard InChI is InChI=1S/C24H25F3N4O3/c1-13(16-5-4-6-19(20(16)25)24(26,27)12-32)28-21-18-11-17(15-7-9-34-10-8-15)23(33-3)31-22(18)30-14(2)29-21/h4-7,11,13,32H,8-10,12H2,1-3H3,(H,28,29,30,31)/t13-/m1/s1. The highest BCUT2D eigenvalue weighted by Gasteiger charge is 2.35.